The zero-order valence-electron chi connectivity index (χ0n) is 18.3. The van der Waals surface area contributed by atoms with Gasteiger partial charge in [-0.25, -0.2) is 9.59 Å². The van der Waals surface area contributed by atoms with E-state index >= 15 is 0 Å². The van der Waals surface area contributed by atoms with Crippen LogP contribution in [0.15, 0.2) is 0 Å². The molecule has 0 bridgehead atoms. The van der Waals surface area contributed by atoms with E-state index in [1.54, 1.807) is 6.92 Å². The van der Waals surface area contributed by atoms with Gasteiger partial charge in [0.2, 0.25) is 0 Å². The molecule has 1 N–H and O–H groups in total. The summed E-state index contributed by atoms with van der Waals surface area (Å²) in [5, 5.41) is 2.97. The minimum Gasteiger partial charge on any atom is -0.466 e. The van der Waals surface area contributed by atoms with Crippen LogP contribution in [0.2, 0.25) is 0 Å². The summed E-state index contributed by atoms with van der Waals surface area (Å²) in [6.07, 6.45) is 9.89. The molecule has 8 nitrogen and oxygen atoms in total. The van der Waals surface area contributed by atoms with Crippen molar-refractivity contribution in [2.45, 2.75) is 89.2 Å². The Morgan fingerprint density at radius 2 is 1.87 bits per heavy atom. The number of piperidine rings is 1. The quantitative estimate of drug-likeness (QED) is 0.477. The minimum atomic E-state index is -0.253. The second-order valence-electron chi connectivity index (χ2n) is 8.81. The molecule has 0 aromatic carbocycles. The minimum absolute atomic E-state index is 0.0356. The van der Waals surface area contributed by atoms with Crippen LogP contribution in [0.3, 0.4) is 0 Å². The van der Waals surface area contributed by atoms with Crippen molar-refractivity contribution in [1.82, 2.24) is 15.1 Å². The molecule has 0 aromatic rings. The Morgan fingerprint density at radius 3 is 2.57 bits per heavy atom. The van der Waals surface area contributed by atoms with E-state index < -0.39 is 0 Å². The maximum atomic E-state index is 12.5. The Balaban J connectivity index is 1.31. The number of nitrogens with zero attached hydrogens (tertiary/aromatic N) is 2. The van der Waals surface area contributed by atoms with Crippen molar-refractivity contribution in [3.05, 3.63) is 0 Å². The molecule has 8 heteroatoms. The number of rotatable bonds is 8. The molecule has 2 saturated heterocycles. The number of hydrogen-bond donors (Lipinski definition) is 1. The van der Waals surface area contributed by atoms with Gasteiger partial charge in [0.15, 0.2) is 0 Å². The number of hydrogen-bond acceptors (Lipinski definition) is 5. The Kier molecular flexibility index (Phi) is 8.22. The zero-order chi connectivity index (χ0) is 21.4. The molecule has 2 aliphatic heterocycles. The SMILES string of the molecule is CCOC(=O)CCCCCNC(=O)N1CCC(N2CC3(CCCCC3)OC2=O)CC1. The average molecular weight is 424 g/mol. The van der Waals surface area contributed by atoms with Crippen molar-refractivity contribution in [2.75, 3.05) is 32.8 Å². The average Bonchev–Trinajstić information content (AvgIpc) is 3.06. The first-order chi connectivity index (χ1) is 14.5. The van der Waals surface area contributed by atoms with Gasteiger partial charge >= 0.3 is 18.1 Å². The lowest BCUT2D eigenvalue weighted by Gasteiger charge is -2.36. The van der Waals surface area contributed by atoms with Crippen LogP contribution in [-0.2, 0) is 14.3 Å². The standard InChI is InChI=1S/C22H37N3O5/c1-2-29-19(26)9-5-3-8-14-23-20(27)24-15-10-18(11-16-24)25-17-22(30-21(25)28)12-6-4-7-13-22/h18H,2-17H2,1H3,(H,23,27). The van der Waals surface area contributed by atoms with Gasteiger partial charge in [-0.3, -0.25) is 4.79 Å². The van der Waals surface area contributed by atoms with Crippen molar-refractivity contribution in [3.8, 4) is 0 Å². The van der Waals surface area contributed by atoms with Crippen LogP contribution in [0.25, 0.3) is 0 Å². The van der Waals surface area contributed by atoms with Crippen LogP contribution in [0.1, 0.15) is 77.6 Å². The van der Waals surface area contributed by atoms with E-state index in [0.717, 1.165) is 57.8 Å². The van der Waals surface area contributed by atoms with Crippen molar-refractivity contribution < 1.29 is 23.9 Å². The summed E-state index contributed by atoms with van der Waals surface area (Å²) in [5.41, 5.74) is -0.253. The van der Waals surface area contributed by atoms with Crippen molar-refractivity contribution in [2.24, 2.45) is 0 Å². The summed E-state index contributed by atoms with van der Waals surface area (Å²) in [7, 11) is 0. The van der Waals surface area contributed by atoms with Gasteiger partial charge < -0.3 is 24.6 Å². The van der Waals surface area contributed by atoms with Crippen LogP contribution in [0.5, 0.6) is 0 Å². The Bertz CT molecular complexity index is 598. The summed E-state index contributed by atoms with van der Waals surface area (Å²) in [4.78, 5) is 39.9. The number of carbonyl (C=O) groups is 3. The Labute approximate surface area is 179 Å². The maximum Gasteiger partial charge on any atom is 0.410 e. The normalized spacial score (nSPS) is 21.6. The van der Waals surface area contributed by atoms with Gasteiger partial charge in [-0.05, 0) is 58.3 Å². The molecule has 0 unspecified atom stereocenters. The molecular weight excluding hydrogens is 386 g/mol. The number of esters is 1. The van der Waals surface area contributed by atoms with Gasteiger partial charge in [0, 0.05) is 32.1 Å². The highest BCUT2D eigenvalue weighted by atomic mass is 16.6. The monoisotopic (exact) mass is 423 g/mol. The Morgan fingerprint density at radius 1 is 1.13 bits per heavy atom. The van der Waals surface area contributed by atoms with E-state index in [2.05, 4.69) is 5.32 Å². The molecule has 3 fully saturated rings. The highest BCUT2D eigenvalue weighted by molar-refractivity contribution is 5.74. The Hall–Kier alpha value is -1.99. The third-order valence-electron chi connectivity index (χ3n) is 6.59. The van der Waals surface area contributed by atoms with Gasteiger partial charge in [0.25, 0.3) is 0 Å². The van der Waals surface area contributed by atoms with E-state index in [1.807, 2.05) is 9.80 Å². The summed E-state index contributed by atoms with van der Waals surface area (Å²) in [6, 6.07) is 0.136. The number of nitrogens with one attached hydrogen (secondary N) is 1. The van der Waals surface area contributed by atoms with Crippen molar-refractivity contribution in [1.29, 1.82) is 0 Å². The summed E-state index contributed by atoms with van der Waals surface area (Å²) >= 11 is 0. The first-order valence-electron chi connectivity index (χ1n) is 11.7. The smallest absolute Gasteiger partial charge is 0.410 e. The van der Waals surface area contributed by atoms with Gasteiger partial charge in [0.1, 0.15) is 5.60 Å². The van der Waals surface area contributed by atoms with Gasteiger partial charge in [-0.2, -0.15) is 0 Å². The molecule has 170 valence electrons. The van der Waals surface area contributed by atoms with Crippen LogP contribution in [0.4, 0.5) is 9.59 Å². The molecule has 0 radical (unpaired) electrons. The van der Waals surface area contributed by atoms with Crippen LogP contribution in [0, 0.1) is 0 Å². The number of amides is 3. The van der Waals surface area contributed by atoms with E-state index in [4.69, 9.17) is 9.47 Å². The first kappa shape index (κ1) is 22.7. The van der Waals surface area contributed by atoms with Crippen LogP contribution < -0.4 is 5.32 Å². The lowest BCUT2D eigenvalue weighted by molar-refractivity contribution is -0.143. The lowest BCUT2D eigenvalue weighted by atomic mass is 9.84. The summed E-state index contributed by atoms with van der Waals surface area (Å²) in [6.45, 7) is 4.88. The lowest BCUT2D eigenvalue weighted by Crippen LogP contribution is -2.50. The highest BCUT2D eigenvalue weighted by Crippen LogP contribution is 2.38. The van der Waals surface area contributed by atoms with Crippen LogP contribution >= 0.6 is 0 Å². The second-order valence-corrected chi connectivity index (χ2v) is 8.81. The molecule has 0 aromatic heterocycles. The number of unbranched alkanes of at least 4 members (excludes halogenated alkanes) is 2. The van der Waals surface area contributed by atoms with Gasteiger partial charge in [0.05, 0.1) is 13.2 Å². The van der Waals surface area contributed by atoms with Gasteiger partial charge in [-0.1, -0.05) is 12.8 Å². The third kappa shape index (κ3) is 6.01. The van der Waals surface area contributed by atoms with E-state index in [0.29, 0.717) is 39.2 Å². The first-order valence-corrected chi connectivity index (χ1v) is 11.7. The molecule has 3 rings (SSSR count). The number of likely N-dealkylation sites (tertiary alicyclic amines) is 1. The number of urea groups is 1. The van der Waals surface area contributed by atoms with E-state index in [9.17, 15) is 14.4 Å². The van der Waals surface area contributed by atoms with E-state index in [1.165, 1.54) is 6.42 Å². The van der Waals surface area contributed by atoms with Crippen molar-refractivity contribution >= 4 is 18.1 Å². The second kappa shape index (κ2) is 10.9. The molecule has 30 heavy (non-hydrogen) atoms. The van der Waals surface area contributed by atoms with Crippen molar-refractivity contribution in [3.63, 3.8) is 0 Å². The molecule has 3 aliphatic rings. The number of ether oxygens (including phenoxy) is 2. The third-order valence-corrected chi connectivity index (χ3v) is 6.59. The summed E-state index contributed by atoms with van der Waals surface area (Å²) in [5.74, 6) is -0.152. The summed E-state index contributed by atoms with van der Waals surface area (Å²) < 4.78 is 10.7. The van der Waals surface area contributed by atoms with Gasteiger partial charge in [-0.15, -0.1) is 0 Å². The largest absolute Gasteiger partial charge is 0.466 e. The van der Waals surface area contributed by atoms with Crippen LogP contribution in [-0.4, -0.2) is 72.3 Å². The maximum absolute atomic E-state index is 12.5. The fourth-order valence-corrected chi connectivity index (χ4v) is 4.88. The topological polar surface area (TPSA) is 88.2 Å². The molecule has 0 atom stereocenters. The number of carbonyl (C=O) groups excluding carboxylic acids is 3. The molecule has 3 amide bonds. The predicted molar refractivity (Wildman–Crippen MR) is 112 cm³/mol. The van der Waals surface area contributed by atoms with E-state index in [-0.39, 0.29) is 29.7 Å². The molecular formula is C22H37N3O5. The molecule has 2 heterocycles. The molecule has 1 spiro atoms. The molecule has 1 saturated carbocycles. The highest BCUT2D eigenvalue weighted by Gasteiger charge is 2.48. The fourth-order valence-electron chi connectivity index (χ4n) is 4.88. The molecule has 1 aliphatic carbocycles. The fraction of sp³-hybridized carbons (Fsp3) is 0.864. The predicted octanol–water partition coefficient (Wildman–Crippen LogP) is 3.44. The zero-order valence-corrected chi connectivity index (χ0v) is 18.3.